The van der Waals surface area contributed by atoms with Crippen molar-refractivity contribution in [2.45, 2.75) is 5.59 Å². The Balaban J connectivity index is -0.00000180. The molecular weight excluding hydrogens is 344 g/mol. The van der Waals surface area contributed by atoms with Gasteiger partial charge in [0.15, 0.2) is 0 Å². The monoisotopic (exact) mass is 360 g/mol. The van der Waals surface area contributed by atoms with Gasteiger partial charge in [-0.3, -0.25) is 0 Å². The summed E-state index contributed by atoms with van der Waals surface area (Å²) in [6.07, 6.45) is 0. The van der Waals surface area contributed by atoms with Gasteiger partial charge < -0.3 is 18.9 Å². The Bertz CT molecular complexity index is 334. The van der Waals surface area contributed by atoms with E-state index in [1.54, 1.807) is 0 Å². The van der Waals surface area contributed by atoms with E-state index in [-0.39, 0.29) is 57.5 Å². The second-order valence-corrected chi connectivity index (χ2v) is 6.77. The molecule has 0 saturated carbocycles. The topological polar surface area (TPSA) is 71.1 Å². The maximum absolute atomic E-state index is 12.3. The largest absolute Gasteiger partial charge is 0.443 e. The summed E-state index contributed by atoms with van der Waals surface area (Å²) < 4.78 is 88.4. The van der Waals surface area contributed by atoms with E-state index in [4.69, 9.17) is 14.2 Å². The molecule has 0 saturated heterocycles. The van der Waals surface area contributed by atoms with E-state index >= 15 is 0 Å². The van der Waals surface area contributed by atoms with Crippen LogP contribution in [0, 0.1) is 0 Å². The van der Waals surface area contributed by atoms with Gasteiger partial charge >= 0.3 is 15.5 Å². The number of ether oxygens (including phenoxy) is 4. The van der Waals surface area contributed by atoms with Gasteiger partial charge in [0.1, 0.15) is 0 Å². The van der Waals surface area contributed by atoms with Crippen molar-refractivity contribution in [2.75, 3.05) is 46.8 Å². The van der Waals surface area contributed by atoms with Crippen molar-refractivity contribution in [1.82, 2.24) is 0 Å². The van der Waals surface area contributed by atoms with Crippen molar-refractivity contribution in [2.24, 2.45) is 0 Å². The SMILES string of the molecule is COCCOCCOCCOC(P(=O)(F)F)P(=O)(F)F.[Li].[Li]. The van der Waals surface area contributed by atoms with Crippen molar-refractivity contribution < 1.29 is 44.9 Å². The minimum atomic E-state index is -6.30. The molecule has 0 N–H and O–H groups in total. The Morgan fingerprint density at radius 2 is 1.14 bits per heavy atom. The Hall–Kier alpha value is 1.21. The molecule has 0 amide bonds. The minimum absolute atomic E-state index is 0. The van der Waals surface area contributed by atoms with E-state index in [1.165, 1.54) is 7.11 Å². The van der Waals surface area contributed by atoms with Crippen LogP contribution in [0.3, 0.4) is 0 Å². The molecule has 0 aliphatic rings. The van der Waals surface area contributed by atoms with E-state index in [1.807, 2.05) is 0 Å². The van der Waals surface area contributed by atoms with Crippen molar-refractivity contribution in [3.05, 3.63) is 0 Å². The van der Waals surface area contributed by atoms with Crippen LogP contribution in [0.25, 0.3) is 0 Å². The fourth-order valence-corrected chi connectivity index (χ4v) is 2.82. The smallest absolute Gasteiger partial charge is 0.382 e. The predicted molar refractivity (Wildman–Crippen MR) is 74.4 cm³/mol. The Kier molecular flexibility index (Phi) is 18.5. The van der Waals surface area contributed by atoms with Crippen molar-refractivity contribution in [3.63, 3.8) is 0 Å². The Morgan fingerprint density at radius 3 is 1.50 bits per heavy atom. The van der Waals surface area contributed by atoms with Gasteiger partial charge in [0.2, 0.25) is 0 Å². The van der Waals surface area contributed by atoms with Crippen molar-refractivity contribution in [3.8, 4) is 0 Å². The average molecular weight is 360 g/mol. The van der Waals surface area contributed by atoms with Crippen LogP contribution in [0.2, 0.25) is 0 Å². The van der Waals surface area contributed by atoms with Crippen LogP contribution in [0.1, 0.15) is 0 Å². The van der Waals surface area contributed by atoms with Gasteiger partial charge in [-0.15, -0.1) is 16.8 Å². The van der Waals surface area contributed by atoms with E-state index in [0.717, 1.165) is 0 Å². The summed E-state index contributed by atoms with van der Waals surface area (Å²) >= 11 is 0. The molecule has 0 aromatic heterocycles. The molecule has 124 valence electrons. The van der Waals surface area contributed by atoms with Crippen LogP contribution in [-0.2, 0) is 28.1 Å². The normalized spacial score (nSPS) is 11.9. The third-order valence-electron chi connectivity index (χ3n) is 1.81. The maximum Gasteiger partial charge on any atom is 0.443 e. The summed E-state index contributed by atoms with van der Waals surface area (Å²) in [4.78, 5) is 0. The zero-order valence-electron chi connectivity index (χ0n) is 12.7. The summed E-state index contributed by atoms with van der Waals surface area (Å²) in [6, 6.07) is 0. The fraction of sp³-hybridized carbons (Fsp3) is 1.00. The summed E-state index contributed by atoms with van der Waals surface area (Å²) in [5, 5.41) is 0. The summed E-state index contributed by atoms with van der Waals surface area (Å²) in [5.41, 5.74) is -3.35. The second-order valence-electron chi connectivity index (χ2n) is 3.42. The van der Waals surface area contributed by atoms with Gasteiger partial charge in [-0.1, -0.05) is 0 Å². The molecular formula is C8H16F4Li2O6P2. The Morgan fingerprint density at radius 1 is 0.773 bits per heavy atom. The second kappa shape index (κ2) is 14.5. The molecule has 2 radical (unpaired) electrons. The molecule has 0 rings (SSSR count). The molecule has 0 atom stereocenters. The zero-order chi connectivity index (χ0) is 15.6. The number of halogens is 4. The van der Waals surface area contributed by atoms with Crippen LogP contribution in [0.15, 0.2) is 0 Å². The summed E-state index contributed by atoms with van der Waals surface area (Å²) in [7, 11) is -11.1. The van der Waals surface area contributed by atoms with Crippen LogP contribution < -0.4 is 0 Å². The molecule has 0 spiro atoms. The molecule has 0 heterocycles. The third kappa shape index (κ3) is 14.8. The molecule has 0 aromatic carbocycles. The summed E-state index contributed by atoms with van der Waals surface area (Å²) in [5.74, 6) is 0. The molecule has 0 bridgehead atoms. The first-order valence-corrected chi connectivity index (χ1v) is 8.55. The quantitative estimate of drug-likeness (QED) is 0.231. The minimum Gasteiger partial charge on any atom is -0.382 e. The van der Waals surface area contributed by atoms with E-state index < -0.39 is 27.7 Å². The number of methoxy groups -OCH3 is 1. The van der Waals surface area contributed by atoms with Crippen molar-refractivity contribution >= 4 is 53.2 Å². The first-order valence-electron chi connectivity index (χ1n) is 5.43. The van der Waals surface area contributed by atoms with Gasteiger partial charge in [0.05, 0.1) is 39.6 Å². The molecule has 6 nitrogen and oxygen atoms in total. The van der Waals surface area contributed by atoms with E-state index in [2.05, 4.69) is 4.74 Å². The Labute approximate surface area is 150 Å². The van der Waals surface area contributed by atoms with Crippen LogP contribution in [0.5, 0.6) is 0 Å². The first kappa shape index (κ1) is 28.0. The number of hydrogen-bond donors (Lipinski definition) is 0. The van der Waals surface area contributed by atoms with Gasteiger partial charge in [0.25, 0.3) is 5.59 Å². The van der Waals surface area contributed by atoms with Crippen LogP contribution >= 0.6 is 15.5 Å². The maximum atomic E-state index is 12.3. The van der Waals surface area contributed by atoms with Gasteiger partial charge in [-0.05, 0) is 0 Å². The first-order chi connectivity index (χ1) is 9.19. The molecule has 0 unspecified atom stereocenters. The van der Waals surface area contributed by atoms with Gasteiger partial charge in [-0.2, -0.15) is 0 Å². The van der Waals surface area contributed by atoms with Crippen molar-refractivity contribution in [1.29, 1.82) is 0 Å². The summed E-state index contributed by atoms with van der Waals surface area (Å²) in [6.45, 7) is 0.0435. The van der Waals surface area contributed by atoms with E-state index in [9.17, 15) is 25.9 Å². The molecule has 0 fully saturated rings. The van der Waals surface area contributed by atoms with Crippen LogP contribution in [-0.4, -0.2) is 90.1 Å². The number of hydrogen-bond acceptors (Lipinski definition) is 6. The molecule has 14 heteroatoms. The number of rotatable bonds is 12. The predicted octanol–water partition coefficient (Wildman–Crippen LogP) is 2.47. The van der Waals surface area contributed by atoms with Gasteiger partial charge in [-0.25, -0.2) is 9.13 Å². The molecule has 0 aliphatic carbocycles. The average Bonchev–Trinajstić information content (AvgIpc) is 2.28. The molecule has 22 heavy (non-hydrogen) atoms. The van der Waals surface area contributed by atoms with Crippen LogP contribution in [0.4, 0.5) is 16.8 Å². The fourth-order valence-electron chi connectivity index (χ4n) is 1.01. The third-order valence-corrected chi connectivity index (χ3v) is 4.75. The zero-order valence-corrected chi connectivity index (χ0v) is 14.5. The standard InChI is InChI=1S/C8H16F4O6P2.2Li/c1-15-2-3-16-4-5-17-6-7-18-8(19(9,10)13)20(11,12)14;;/h8H,2-7H2,1H3;;. The molecule has 0 aromatic rings. The molecule has 0 aliphatic heterocycles. The van der Waals surface area contributed by atoms with Gasteiger partial charge in [0, 0.05) is 44.8 Å². The van der Waals surface area contributed by atoms with E-state index in [0.29, 0.717) is 13.2 Å².